The first-order valence-corrected chi connectivity index (χ1v) is 5.43. The smallest absolute Gasteiger partial charge is 0.407 e. The van der Waals surface area contributed by atoms with Crippen LogP contribution in [0.25, 0.3) is 0 Å². The highest BCUT2D eigenvalue weighted by Gasteiger charge is 2.42. The minimum Gasteiger partial charge on any atom is -0.465 e. The van der Waals surface area contributed by atoms with Crippen LogP contribution >= 0.6 is 0 Å². The molecule has 2 saturated heterocycles. The van der Waals surface area contributed by atoms with E-state index in [4.69, 9.17) is 10.8 Å². The largest absolute Gasteiger partial charge is 0.465 e. The SMILES string of the molecule is NCC[C@@H]1C[C@H]2CC[C@@H](C1)N2C(=O)O. The van der Waals surface area contributed by atoms with Crippen LogP contribution in [-0.2, 0) is 0 Å². The van der Waals surface area contributed by atoms with Crippen molar-refractivity contribution in [3.63, 3.8) is 0 Å². The molecule has 2 heterocycles. The van der Waals surface area contributed by atoms with Crippen molar-refractivity contribution < 1.29 is 9.90 Å². The Labute approximate surface area is 84.1 Å². The summed E-state index contributed by atoms with van der Waals surface area (Å²) in [4.78, 5) is 12.7. The number of hydrogen-bond donors (Lipinski definition) is 2. The lowest BCUT2D eigenvalue weighted by Crippen LogP contribution is -2.46. The van der Waals surface area contributed by atoms with E-state index in [2.05, 4.69) is 0 Å². The fourth-order valence-electron chi connectivity index (χ4n) is 3.07. The van der Waals surface area contributed by atoms with Crippen molar-refractivity contribution in [1.29, 1.82) is 0 Å². The maximum absolute atomic E-state index is 11.0. The normalized spacial score (nSPS) is 36.1. The van der Waals surface area contributed by atoms with Crippen molar-refractivity contribution in [2.75, 3.05) is 6.54 Å². The molecule has 3 N–H and O–H groups in total. The molecule has 80 valence electrons. The summed E-state index contributed by atoms with van der Waals surface area (Å²) in [5.41, 5.74) is 5.54. The summed E-state index contributed by atoms with van der Waals surface area (Å²) in [6.45, 7) is 0.733. The lowest BCUT2D eigenvalue weighted by atomic mass is 9.88. The van der Waals surface area contributed by atoms with Crippen LogP contribution in [0.15, 0.2) is 0 Å². The number of carboxylic acid groups (broad SMARTS) is 1. The second kappa shape index (κ2) is 3.77. The molecule has 2 aliphatic rings. The molecular weight excluding hydrogens is 180 g/mol. The zero-order chi connectivity index (χ0) is 10.1. The fraction of sp³-hybridized carbons (Fsp3) is 0.900. The van der Waals surface area contributed by atoms with Crippen LogP contribution in [0.1, 0.15) is 32.1 Å². The van der Waals surface area contributed by atoms with Crippen LogP contribution < -0.4 is 5.73 Å². The van der Waals surface area contributed by atoms with Gasteiger partial charge in [0.05, 0.1) is 0 Å². The zero-order valence-electron chi connectivity index (χ0n) is 8.35. The van der Waals surface area contributed by atoms with Gasteiger partial charge >= 0.3 is 6.09 Å². The molecule has 0 aromatic heterocycles. The van der Waals surface area contributed by atoms with E-state index in [-0.39, 0.29) is 12.1 Å². The Kier molecular flexibility index (Phi) is 2.63. The predicted molar refractivity (Wildman–Crippen MR) is 53.1 cm³/mol. The lowest BCUT2D eigenvalue weighted by molar-refractivity contribution is 0.0837. The third kappa shape index (κ3) is 1.59. The summed E-state index contributed by atoms with van der Waals surface area (Å²) in [7, 11) is 0. The molecule has 1 amide bonds. The average Bonchev–Trinajstić information content (AvgIpc) is 2.39. The van der Waals surface area contributed by atoms with E-state index >= 15 is 0 Å². The van der Waals surface area contributed by atoms with Crippen LogP contribution in [0, 0.1) is 5.92 Å². The molecular formula is C10H18N2O2. The first-order chi connectivity index (χ1) is 6.72. The van der Waals surface area contributed by atoms with Crippen LogP contribution in [0.4, 0.5) is 4.79 Å². The van der Waals surface area contributed by atoms with Crippen molar-refractivity contribution in [3.8, 4) is 0 Å². The maximum atomic E-state index is 11.0. The van der Waals surface area contributed by atoms with Crippen molar-refractivity contribution in [2.24, 2.45) is 11.7 Å². The molecule has 2 bridgehead atoms. The minimum atomic E-state index is -0.733. The molecule has 0 radical (unpaired) electrons. The van der Waals surface area contributed by atoms with Gasteiger partial charge in [0.25, 0.3) is 0 Å². The van der Waals surface area contributed by atoms with Crippen LogP contribution in [0.5, 0.6) is 0 Å². The Hall–Kier alpha value is -0.770. The van der Waals surface area contributed by atoms with Gasteiger partial charge in [-0.3, -0.25) is 0 Å². The first kappa shape index (κ1) is 9.77. The van der Waals surface area contributed by atoms with E-state index in [0.29, 0.717) is 5.92 Å². The zero-order valence-corrected chi connectivity index (χ0v) is 8.35. The van der Waals surface area contributed by atoms with Crippen LogP contribution in [-0.4, -0.2) is 34.7 Å². The fourth-order valence-corrected chi connectivity index (χ4v) is 3.07. The van der Waals surface area contributed by atoms with E-state index in [0.717, 1.165) is 38.6 Å². The molecule has 2 aliphatic heterocycles. The highest BCUT2D eigenvalue weighted by molar-refractivity contribution is 5.66. The molecule has 0 aromatic rings. The Balaban J connectivity index is 2.01. The number of piperidine rings is 1. The highest BCUT2D eigenvalue weighted by Crippen LogP contribution is 2.39. The summed E-state index contributed by atoms with van der Waals surface area (Å²) in [6, 6.07) is 0.561. The van der Waals surface area contributed by atoms with Gasteiger partial charge in [-0.25, -0.2) is 4.79 Å². The van der Waals surface area contributed by atoms with Gasteiger partial charge < -0.3 is 15.7 Å². The van der Waals surface area contributed by atoms with Crippen molar-refractivity contribution in [3.05, 3.63) is 0 Å². The summed E-state index contributed by atoms with van der Waals surface area (Å²) < 4.78 is 0. The minimum absolute atomic E-state index is 0.280. The van der Waals surface area contributed by atoms with E-state index in [1.165, 1.54) is 0 Å². The second-order valence-electron chi connectivity index (χ2n) is 4.49. The Morgan fingerprint density at radius 1 is 1.36 bits per heavy atom. The summed E-state index contributed by atoms with van der Waals surface area (Å²) in [5, 5.41) is 9.04. The summed E-state index contributed by atoms with van der Waals surface area (Å²) in [6.07, 6.45) is 4.49. The monoisotopic (exact) mass is 198 g/mol. The van der Waals surface area contributed by atoms with E-state index in [9.17, 15) is 4.79 Å². The summed E-state index contributed by atoms with van der Waals surface area (Å²) in [5.74, 6) is 0.660. The van der Waals surface area contributed by atoms with Crippen LogP contribution in [0.2, 0.25) is 0 Å². The van der Waals surface area contributed by atoms with Gasteiger partial charge in [-0.15, -0.1) is 0 Å². The molecule has 0 saturated carbocycles. The van der Waals surface area contributed by atoms with E-state index in [1.807, 2.05) is 0 Å². The topological polar surface area (TPSA) is 66.6 Å². The van der Waals surface area contributed by atoms with Gasteiger partial charge in [0.2, 0.25) is 0 Å². The highest BCUT2D eigenvalue weighted by atomic mass is 16.4. The lowest BCUT2D eigenvalue weighted by Gasteiger charge is -2.37. The number of nitrogens with zero attached hydrogens (tertiary/aromatic N) is 1. The standard InChI is InChI=1S/C10H18N2O2/c11-4-3-7-5-8-1-2-9(6-7)12(8)10(13)14/h7-9H,1-6,11H2,(H,13,14)/t7-,8-,9+. The molecule has 2 rings (SSSR count). The Bertz CT molecular complexity index is 218. The van der Waals surface area contributed by atoms with E-state index < -0.39 is 6.09 Å². The van der Waals surface area contributed by atoms with Crippen molar-refractivity contribution >= 4 is 6.09 Å². The number of amides is 1. The number of carbonyl (C=O) groups is 1. The van der Waals surface area contributed by atoms with Crippen molar-refractivity contribution in [2.45, 2.75) is 44.2 Å². The molecule has 14 heavy (non-hydrogen) atoms. The molecule has 0 aliphatic carbocycles. The number of rotatable bonds is 2. The van der Waals surface area contributed by atoms with Crippen LogP contribution in [0.3, 0.4) is 0 Å². The number of hydrogen-bond acceptors (Lipinski definition) is 2. The van der Waals surface area contributed by atoms with Gasteiger partial charge in [-0.1, -0.05) is 0 Å². The molecule has 3 atom stereocenters. The second-order valence-corrected chi connectivity index (χ2v) is 4.49. The predicted octanol–water partition coefficient (Wildman–Crippen LogP) is 1.26. The quantitative estimate of drug-likeness (QED) is 0.702. The van der Waals surface area contributed by atoms with Gasteiger partial charge in [-0.05, 0) is 44.6 Å². The molecule has 0 spiro atoms. The third-order valence-electron chi connectivity index (χ3n) is 3.63. The first-order valence-electron chi connectivity index (χ1n) is 5.43. The molecule has 0 aromatic carbocycles. The number of nitrogens with two attached hydrogens (primary N) is 1. The average molecular weight is 198 g/mol. The van der Waals surface area contributed by atoms with Gasteiger partial charge in [0.1, 0.15) is 0 Å². The third-order valence-corrected chi connectivity index (χ3v) is 3.63. The Morgan fingerprint density at radius 2 is 1.93 bits per heavy atom. The van der Waals surface area contributed by atoms with Crippen molar-refractivity contribution in [1.82, 2.24) is 4.90 Å². The van der Waals surface area contributed by atoms with E-state index in [1.54, 1.807) is 4.90 Å². The molecule has 4 nitrogen and oxygen atoms in total. The summed E-state index contributed by atoms with van der Waals surface area (Å²) >= 11 is 0. The van der Waals surface area contributed by atoms with Gasteiger partial charge in [-0.2, -0.15) is 0 Å². The Morgan fingerprint density at radius 3 is 2.36 bits per heavy atom. The number of fused-ring (bicyclic) bond motifs is 2. The molecule has 2 fully saturated rings. The maximum Gasteiger partial charge on any atom is 0.407 e. The molecule has 4 heteroatoms. The van der Waals surface area contributed by atoms with Gasteiger partial charge in [0.15, 0.2) is 0 Å². The van der Waals surface area contributed by atoms with Gasteiger partial charge in [0, 0.05) is 12.1 Å². The molecule has 0 unspecified atom stereocenters.